The fourth-order valence-corrected chi connectivity index (χ4v) is 2.48. The van der Waals surface area contributed by atoms with Crippen molar-refractivity contribution >= 4 is 27.5 Å². The molecule has 0 amide bonds. The van der Waals surface area contributed by atoms with Crippen LogP contribution in [0.15, 0.2) is 10.6 Å². The van der Waals surface area contributed by atoms with Crippen LogP contribution in [-0.2, 0) is 10.0 Å². The Morgan fingerprint density at radius 2 is 2.18 bits per heavy atom. The van der Waals surface area contributed by atoms with Crippen molar-refractivity contribution in [3.63, 3.8) is 0 Å². The van der Waals surface area contributed by atoms with Gasteiger partial charge in [0.05, 0.1) is 11.4 Å². The van der Waals surface area contributed by atoms with Crippen molar-refractivity contribution in [1.29, 1.82) is 0 Å². The van der Waals surface area contributed by atoms with E-state index in [1.807, 2.05) is 13.8 Å². The first-order chi connectivity index (χ1) is 7.94. The van der Waals surface area contributed by atoms with Gasteiger partial charge in [-0.2, -0.15) is 0 Å². The Morgan fingerprint density at radius 3 is 2.71 bits per heavy atom. The summed E-state index contributed by atoms with van der Waals surface area (Å²) in [5.74, 6) is 0.875. The summed E-state index contributed by atoms with van der Waals surface area (Å²) in [4.78, 5) is 0. The van der Waals surface area contributed by atoms with Crippen LogP contribution in [0.5, 0.6) is 0 Å². The third-order valence-corrected chi connectivity index (χ3v) is 3.78. The van der Waals surface area contributed by atoms with Crippen LogP contribution in [0.4, 0.5) is 5.88 Å². The largest absolute Gasteiger partial charge is 0.338 e. The highest BCUT2D eigenvalue weighted by Gasteiger charge is 2.14. The Kier molecular flexibility index (Phi) is 5.27. The molecule has 0 atom stereocenters. The highest BCUT2D eigenvalue weighted by atomic mass is 35.5. The van der Waals surface area contributed by atoms with Crippen molar-refractivity contribution in [2.24, 2.45) is 0 Å². The van der Waals surface area contributed by atoms with E-state index in [0.717, 1.165) is 5.69 Å². The van der Waals surface area contributed by atoms with Crippen LogP contribution in [0.3, 0.4) is 0 Å². The predicted octanol–water partition coefficient (Wildman–Crippen LogP) is 2.56. The molecule has 5 nitrogen and oxygen atoms in total. The third-order valence-electron chi connectivity index (χ3n) is 2.17. The van der Waals surface area contributed by atoms with Crippen molar-refractivity contribution in [2.75, 3.05) is 16.4 Å². The van der Waals surface area contributed by atoms with E-state index in [0.29, 0.717) is 18.7 Å². The molecule has 17 heavy (non-hydrogen) atoms. The molecule has 0 aliphatic rings. The van der Waals surface area contributed by atoms with Gasteiger partial charge < -0.3 is 4.52 Å². The molecule has 0 bridgehead atoms. The van der Waals surface area contributed by atoms with E-state index < -0.39 is 10.0 Å². The summed E-state index contributed by atoms with van der Waals surface area (Å²) in [5, 5.41) is 3.77. The zero-order chi connectivity index (χ0) is 12.9. The van der Waals surface area contributed by atoms with E-state index in [9.17, 15) is 8.42 Å². The first-order valence-corrected chi connectivity index (χ1v) is 7.66. The molecular weight excluding hydrogens is 264 g/mol. The van der Waals surface area contributed by atoms with E-state index in [1.54, 1.807) is 6.07 Å². The highest BCUT2D eigenvalue weighted by Crippen LogP contribution is 2.18. The molecule has 0 saturated carbocycles. The molecule has 0 aromatic carbocycles. The number of nitrogens with one attached hydrogen (secondary N) is 1. The maximum Gasteiger partial charge on any atom is 0.238 e. The molecular formula is C10H17ClN2O3S. The molecule has 98 valence electrons. The third kappa shape index (κ3) is 4.95. The number of hydrogen-bond donors (Lipinski definition) is 1. The summed E-state index contributed by atoms with van der Waals surface area (Å²) in [6.45, 7) is 3.91. The highest BCUT2D eigenvalue weighted by molar-refractivity contribution is 7.92. The van der Waals surface area contributed by atoms with Gasteiger partial charge in [0.2, 0.25) is 15.9 Å². The Bertz CT molecular complexity index is 442. The average Bonchev–Trinajstić information content (AvgIpc) is 2.65. The van der Waals surface area contributed by atoms with Crippen LogP contribution < -0.4 is 4.72 Å². The van der Waals surface area contributed by atoms with Crippen LogP contribution in [-0.4, -0.2) is 25.2 Å². The van der Waals surface area contributed by atoms with Crippen molar-refractivity contribution in [3.05, 3.63) is 11.8 Å². The van der Waals surface area contributed by atoms with Crippen LogP contribution in [0.1, 0.15) is 38.3 Å². The quantitative estimate of drug-likeness (QED) is 0.615. The maximum absolute atomic E-state index is 11.6. The predicted molar refractivity (Wildman–Crippen MR) is 68.0 cm³/mol. The first kappa shape index (κ1) is 14.3. The first-order valence-electron chi connectivity index (χ1n) is 5.47. The molecule has 0 unspecified atom stereocenters. The molecule has 0 saturated heterocycles. The van der Waals surface area contributed by atoms with E-state index in [-0.39, 0.29) is 17.6 Å². The van der Waals surface area contributed by atoms with Crippen molar-refractivity contribution in [1.82, 2.24) is 5.16 Å². The van der Waals surface area contributed by atoms with Gasteiger partial charge in [0.15, 0.2) is 0 Å². The summed E-state index contributed by atoms with van der Waals surface area (Å²) < 4.78 is 30.5. The van der Waals surface area contributed by atoms with Gasteiger partial charge in [-0.3, -0.25) is 4.72 Å². The van der Waals surface area contributed by atoms with Gasteiger partial charge in [-0.1, -0.05) is 19.0 Å². The lowest BCUT2D eigenvalue weighted by atomic mass is 10.1. The number of halogens is 1. The average molecular weight is 281 g/mol. The molecule has 1 aromatic rings. The number of anilines is 1. The molecule has 7 heteroatoms. The smallest absolute Gasteiger partial charge is 0.238 e. The molecule has 0 spiro atoms. The topological polar surface area (TPSA) is 72.2 Å². The van der Waals surface area contributed by atoms with Gasteiger partial charge in [-0.15, -0.1) is 11.6 Å². The van der Waals surface area contributed by atoms with Crippen LogP contribution in [0, 0.1) is 0 Å². The number of hydrogen-bond acceptors (Lipinski definition) is 4. The standard InChI is InChI=1S/C10H17ClN2O3S/c1-8(2)9-7-10(16-12-9)13-17(14,15)6-4-3-5-11/h7-8,13H,3-6H2,1-2H3. The minimum atomic E-state index is -3.36. The molecule has 0 fully saturated rings. The van der Waals surface area contributed by atoms with Crippen LogP contribution >= 0.6 is 11.6 Å². The van der Waals surface area contributed by atoms with Crippen molar-refractivity contribution in [2.45, 2.75) is 32.6 Å². The number of unbranched alkanes of at least 4 members (excludes halogenated alkanes) is 1. The van der Waals surface area contributed by atoms with E-state index in [4.69, 9.17) is 16.1 Å². The Hall–Kier alpha value is -0.750. The molecule has 0 radical (unpaired) electrons. The second-order valence-electron chi connectivity index (χ2n) is 4.09. The Balaban J connectivity index is 2.57. The zero-order valence-electron chi connectivity index (χ0n) is 9.94. The maximum atomic E-state index is 11.6. The number of alkyl halides is 1. The second kappa shape index (κ2) is 6.26. The molecule has 0 aliphatic carbocycles. The number of rotatable bonds is 7. The molecule has 0 aliphatic heterocycles. The minimum Gasteiger partial charge on any atom is -0.338 e. The summed E-state index contributed by atoms with van der Waals surface area (Å²) >= 11 is 5.48. The summed E-state index contributed by atoms with van der Waals surface area (Å²) in [6, 6.07) is 1.60. The lowest BCUT2D eigenvalue weighted by Gasteiger charge is -2.03. The Morgan fingerprint density at radius 1 is 1.47 bits per heavy atom. The monoisotopic (exact) mass is 280 g/mol. The number of sulfonamides is 1. The molecule has 1 N–H and O–H groups in total. The van der Waals surface area contributed by atoms with E-state index in [2.05, 4.69) is 9.88 Å². The molecule has 1 aromatic heterocycles. The van der Waals surface area contributed by atoms with Gasteiger partial charge >= 0.3 is 0 Å². The summed E-state index contributed by atoms with van der Waals surface area (Å²) in [6.07, 6.45) is 1.21. The van der Waals surface area contributed by atoms with Crippen molar-refractivity contribution < 1.29 is 12.9 Å². The SMILES string of the molecule is CC(C)c1cc(NS(=O)(=O)CCCCCl)on1. The summed E-state index contributed by atoms with van der Waals surface area (Å²) in [7, 11) is -3.36. The van der Waals surface area contributed by atoms with E-state index >= 15 is 0 Å². The van der Waals surface area contributed by atoms with E-state index in [1.165, 1.54) is 0 Å². The number of aromatic nitrogens is 1. The van der Waals surface area contributed by atoms with Crippen LogP contribution in [0.2, 0.25) is 0 Å². The Labute approximate surface area is 107 Å². The van der Waals surface area contributed by atoms with Gasteiger partial charge in [0.1, 0.15) is 0 Å². The van der Waals surface area contributed by atoms with Gasteiger partial charge in [0.25, 0.3) is 0 Å². The lowest BCUT2D eigenvalue weighted by Crippen LogP contribution is -2.16. The molecule has 1 rings (SSSR count). The fourth-order valence-electron chi connectivity index (χ4n) is 1.20. The fraction of sp³-hybridized carbons (Fsp3) is 0.700. The molecule has 1 heterocycles. The van der Waals surface area contributed by atoms with Crippen molar-refractivity contribution in [3.8, 4) is 0 Å². The van der Waals surface area contributed by atoms with Gasteiger partial charge in [-0.25, -0.2) is 8.42 Å². The zero-order valence-corrected chi connectivity index (χ0v) is 11.5. The summed E-state index contributed by atoms with van der Waals surface area (Å²) in [5.41, 5.74) is 0.725. The lowest BCUT2D eigenvalue weighted by molar-refractivity contribution is 0.423. The number of nitrogens with zero attached hydrogens (tertiary/aromatic N) is 1. The second-order valence-corrected chi connectivity index (χ2v) is 6.31. The minimum absolute atomic E-state index is 0.0391. The van der Waals surface area contributed by atoms with Gasteiger partial charge in [0, 0.05) is 11.9 Å². The van der Waals surface area contributed by atoms with Gasteiger partial charge in [-0.05, 0) is 18.8 Å². The normalized spacial score (nSPS) is 12.0. The van der Waals surface area contributed by atoms with Crippen LogP contribution in [0.25, 0.3) is 0 Å².